The molecule has 1 aromatic carbocycles. The number of aliphatic hydroxyl groups is 1. The van der Waals surface area contributed by atoms with E-state index >= 15 is 0 Å². The minimum Gasteiger partial charge on any atom is -0.508 e. The second-order valence-corrected chi connectivity index (χ2v) is 12.7. The highest BCUT2D eigenvalue weighted by Crippen LogP contribution is 2.13. The summed E-state index contributed by atoms with van der Waals surface area (Å²) >= 11 is 0. The van der Waals surface area contributed by atoms with Gasteiger partial charge in [0, 0.05) is 12.5 Å². The fraction of sp³-hybridized carbons (Fsp3) is 0.667. The summed E-state index contributed by atoms with van der Waals surface area (Å²) in [5.41, 5.74) is 6.58. The second-order valence-electron chi connectivity index (χ2n) is 12.7. The van der Waals surface area contributed by atoms with Gasteiger partial charge in [0.05, 0.1) is 0 Å². The number of nitrogens with two attached hydrogens (primary N) is 1. The Morgan fingerprint density at radius 3 is 1.89 bits per heavy atom. The predicted molar refractivity (Wildman–Crippen MR) is 174 cm³/mol. The van der Waals surface area contributed by atoms with Crippen molar-refractivity contribution in [3.8, 4) is 5.75 Å². The Kier molecular flexibility index (Phi) is 17.9. The summed E-state index contributed by atoms with van der Waals surface area (Å²) in [7, 11) is 0. The lowest BCUT2D eigenvalue weighted by Gasteiger charge is -2.28. The third-order valence-corrected chi connectivity index (χ3v) is 7.64. The highest BCUT2D eigenvalue weighted by Gasteiger charge is 2.33. The number of hydrogen-bond donors (Lipinski definition) is 8. The first kappa shape index (κ1) is 40.3. The van der Waals surface area contributed by atoms with Gasteiger partial charge in [-0.1, -0.05) is 78.9 Å². The number of benzene rings is 1. The Labute approximate surface area is 272 Å². The fourth-order valence-corrected chi connectivity index (χ4v) is 4.82. The summed E-state index contributed by atoms with van der Waals surface area (Å²) in [5.74, 6) is -4.52. The number of nitrogens with one attached hydrogen (secondary N) is 4. The first-order chi connectivity index (χ1) is 21.6. The molecular formula is C33H55N5O8. The van der Waals surface area contributed by atoms with Crippen LogP contribution in [0.3, 0.4) is 0 Å². The van der Waals surface area contributed by atoms with Gasteiger partial charge in [0.25, 0.3) is 5.91 Å². The van der Waals surface area contributed by atoms with Crippen molar-refractivity contribution in [2.75, 3.05) is 0 Å². The summed E-state index contributed by atoms with van der Waals surface area (Å²) in [6.07, 6.45) is 4.11. The molecule has 6 atom stereocenters. The molecule has 4 amide bonds. The van der Waals surface area contributed by atoms with Gasteiger partial charge in [-0.15, -0.1) is 0 Å². The van der Waals surface area contributed by atoms with Gasteiger partial charge in [-0.25, -0.2) is 4.79 Å². The normalized spacial score (nSPS) is 15.3. The molecule has 0 bridgehead atoms. The quantitative estimate of drug-likeness (QED) is 0.0908. The molecular weight excluding hydrogens is 594 g/mol. The molecule has 9 N–H and O–H groups in total. The van der Waals surface area contributed by atoms with Gasteiger partial charge in [-0.2, -0.15) is 0 Å². The van der Waals surface area contributed by atoms with Crippen LogP contribution in [0.1, 0.15) is 92.1 Å². The van der Waals surface area contributed by atoms with Crippen LogP contribution in [0.2, 0.25) is 0 Å². The number of phenolic OH excluding ortho intramolecular Hbond substituents is 1. The number of aliphatic carboxylic acids is 1. The Hall–Kier alpha value is -3.71. The Balaban J connectivity index is 2.87. The zero-order valence-corrected chi connectivity index (χ0v) is 28.0. The van der Waals surface area contributed by atoms with E-state index in [0.29, 0.717) is 12.0 Å². The number of carboxylic acids is 1. The van der Waals surface area contributed by atoms with E-state index in [-0.39, 0.29) is 24.5 Å². The minimum absolute atomic E-state index is 0.0215. The average molecular weight is 650 g/mol. The van der Waals surface area contributed by atoms with Crippen molar-refractivity contribution in [1.82, 2.24) is 21.3 Å². The van der Waals surface area contributed by atoms with E-state index in [4.69, 9.17) is 5.73 Å². The van der Waals surface area contributed by atoms with Gasteiger partial charge in [0.2, 0.25) is 17.7 Å². The highest BCUT2D eigenvalue weighted by atomic mass is 16.4. The number of carboxylic acid groups (broad SMARTS) is 1. The molecule has 1 aromatic rings. The largest absolute Gasteiger partial charge is 0.508 e. The maximum Gasteiger partial charge on any atom is 0.326 e. The third kappa shape index (κ3) is 14.6. The predicted octanol–water partition coefficient (Wildman–Crippen LogP) is 1.73. The van der Waals surface area contributed by atoms with E-state index < -0.39 is 71.8 Å². The lowest BCUT2D eigenvalue weighted by atomic mass is 9.99. The number of rotatable bonds is 21. The van der Waals surface area contributed by atoms with Crippen molar-refractivity contribution in [2.45, 2.75) is 129 Å². The summed E-state index contributed by atoms with van der Waals surface area (Å²) in [5, 5.41) is 39.8. The summed E-state index contributed by atoms with van der Waals surface area (Å²) in [6.45, 7) is 10.6. The molecule has 0 radical (unpaired) electrons. The van der Waals surface area contributed by atoms with Crippen LogP contribution in [0.5, 0.6) is 5.75 Å². The Bertz CT molecular complexity index is 1130. The van der Waals surface area contributed by atoms with Gasteiger partial charge in [-0.3, -0.25) is 19.2 Å². The zero-order chi connectivity index (χ0) is 35.0. The highest BCUT2D eigenvalue weighted by molar-refractivity contribution is 5.95. The maximum absolute atomic E-state index is 13.4. The van der Waals surface area contributed by atoms with E-state index in [1.54, 1.807) is 26.0 Å². The van der Waals surface area contributed by atoms with Gasteiger partial charge < -0.3 is 42.3 Å². The molecule has 46 heavy (non-hydrogen) atoms. The molecule has 0 heterocycles. The minimum atomic E-state index is -1.50. The molecule has 1 rings (SSSR count). The topological polar surface area (TPSA) is 220 Å². The third-order valence-electron chi connectivity index (χ3n) is 7.64. The van der Waals surface area contributed by atoms with Crippen LogP contribution in [-0.4, -0.2) is 81.2 Å². The molecule has 0 spiro atoms. The summed E-state index contributed by atoms with van der Waals surface area (Å²) in [6, 6.07) is 0.577. The van der Waals surface area contributed by atoms with Crippen molar-refractivity contribution in [3.05, 3.63) is 29.8 Å². The van der Waals surface area contributed by atoms with Crippen molar-refractivity contribution >= 4 is 29.6 Å². The molecule has 260 valence electrons. The average Bonchev–Trinajstić information content (AvgIpc) is 2.98. The SMILES string of the molecule is CCCCCCC[C@H](N)[C@H](O)C(=O)N[C@H](C)C(=O)N[C@H](C(=O)N[C@@H](CC(C)C)C(=O)N[C@@H](Cc1ccc(O)cc1)C(=O)O)C(C)C. The molecule has 13 nitrogen and oxygen atoms in total. The fourth-order valence-electron chi connectivity index (χ4n) is 4.82. The Morgan fingerprint density at radius 2 is 1.35 bits per heavy atom. The van der Waals surface area contributed by atoms with Crippen molar-refractivity contribution in [1.29, 1.82) is 0 Å². The van der Waals surface area contributed by atoms with E-state index in [1.165, 1.54) is 19.1 Å². The van der Waals surface area contributed by atoms with Crippen molar-refractivity contribution in [3.63, 3.8) is 0 Å². The standard InChI is InChI=1S/C33H55N5O8/c1-7-8-9-10-11-12-24(34)28(40)32(44)35-21(6)29(41)38-27(20(4)5)31(43)36-25(17-19(2)3)30(42)37-26(33(45)46)18-22-13-15-23(39)16-14-22/h13-16,19-21,24-28,39-40H,7-12,17-18,34H2,1-6H3,(H,35,44)(H,36,43)(H,37,42)(H,38,41)(H,45,46)/t21-,24+,25+,26+,27+,28+/m1/s1. The number of amides is 4. The van der Waals surface area contributed by atoms with Crippen LogP contribution in [0.15, 0.2) is 24.3 Å². The van der Waals surface area contributed by atoms with Crippen LogP contribution in [0, 0.1) is 11.8 Å². The van der Waals surface area contributed by atoms with E-state index in [0.717, 1.165) is 32.1 Å². The van der Waals surface area contributed by atoms with Crippen molar-refractivity contribution in [2.24, 2.45) is 17.6 Å². The number of hydrogen-bond acceptors (Lipinski definition) is 8. The molecule has 0 aromatic heterocycles. The smallest absolute Gasteiger partial charge is 0.326 e. The monoisotopic (exact) mass is 649 g/mol. The molecule has 0 aliphatic rings. The second kappa shape index (κ2) is 20.4. The van der Waals surface area contributed by atoms with E-state index in [9.17, 15) is 39.3 Å². The summed E-state index contributed by atoms with van der Waals surface area (Å²) < 4.78 is 0. The van der Waals surface area contributed by atoms with Gasteiger partial charge in [-0.05, 0) is 49.3 Å². The lowest BCUT2D eigenvalue weighted by Crippen LogP contribution is -2.59. The summed E-state index contributed by atoms with van der Waals surface area (Å²) in [4.78, 5) is 64.1. The first-order valence-electron chi connectivity index (χ1n) is 16.2. The number of unbranched alkanes of at least 4 members (excludes halogenated alkanes) is 4. The molecule has 0 aliphatic heterocycles. The van der Waals surface area contributed by atoms with E-state index in [2.05, 4.69) is 28.2 Å². The van der Waals surface area contributed by atoms with Crippen LogP contribution in [0.25, 0.3) is 0 Å². The van der Waals surface area contributed by atoms with Crippen LogP contribution >= 0.6 is 0 Å². The van der Waals surface area contributed by atoms with Gasteiger partial charge >= 0.3 is 5.97 Å². The zero-order valence-electron chi connectivity index (χ0n) is 28.0. The molecule has 0 saturated heterocycles. The molecule has 13 heteroatoms. The number of carbonyl (C=O) groups excluding carboxylic acids is 4. The molecule has 0 saturated carbocycles. The Morgan fingerprint density at radius 1 is 0.761 bits per heavy atom. The lowest BCUT2D eigenvalue weighted by molar-refractivity contribution is -0.142. The molecule has 0 aliphatic carbocycles. The van der Waals surface area contributed by atoms with E-state index in [1.807, 2.05) is 13.8 Å². The van der Waals surface area contributed by atoms with Crippen LogP contribution < -0.4 is 27.0 Å². The maximum atomic E-state index is 13.4. The first-order valence-corrected chi connectivity index (χ1v) is 16.2. The van der Waals surface area contributed by atoms with Gasteiger partial charge in [0.15, 0.2) is 0 Å². The molecule has 0 unspecified atom stereocenters. The van der Waals surface area contributed by atoms with Gasteiger partial charge in [0.1, 0.15) is 36.0 Å². The van der Waals surface area contributed by atoms with Crippen LogP contribution in [0.4, 0.5) is 0 Å². The van der Waals surface area contributed by atoms with Crippen molar-refractivity contribution < 1.29 is 39.3 Å². The number of carbonyl (C=O) groups is 5. The van der Waals surface area contributed by atoms with Crippen LogP contribution in [-0.2, 0) is 30.4 Å². The number of phenols is 1. The number of aliphatic hydroxyl groups excluding tert-OH is 1. The molecule has 0 fully saturated rings. The number of aromatic hydroxyl groups is 1.